The van der Waals surface area contributed by atoms with E-state index in [4.69, 9.17) is 0 Å². The van der Waals surface area contributed by atoms with Gasteiger partial charge in [0, 0.05) is 43.6 Å². The number of aryl methyl sites for hydroxylation is 1. The van der Waals surface area contributed by atoms with Crippen LogP contribution >= 0.6 is 0 Å². The molecule has 3 rings (SSSR count). The maximum Gasteiger partial charge on any atom is 0.255 e. The fourth-order valence-electron chi connectivity index (χ4n) is 3.68. The second-order valence-electron chi connectivity index (χ2n) is 7.25. The molecule has 1 amide bonds. The fraction of sp³-hybridized carbons (Fsp3) is 0.722. The van der Waals surface area contributed by atoms with Crippen molar-refractivity contribution >= 4 is 15.9 Å². The Morgan fingerprint density at radius 1 is 1.16 bits per heavy atom. The third-order valence-corrected chi connectivity index (χ3v) is 7.26. The van der Waals surface area contributed by atoms with Crippen molar-refractivity contribution < 1.29 is 13.2 Å². The highest BCUT2D eigenvalue weighted by Gasteiger charge is 2.32. The normalized spacial score (nSPS) is 19.4. The third kappa shape index (κ3) is 3.77. The van der Waals surface area contributed by atoms with E-state index in [1.54, 1.807) is 9.21 Å². The number of amides is 1. The zero-order valence-electron chi connectivity index (χ0n) is 15.5. The lowest BCUT2D eigenvalue weighted by molar-refractivity contribution is 0.0697. The number of piperazine rings is 1. The average Bonchev–Trinajstić information content (AvgIpc) is 3.38. The van der Waals surface area contributed by atoms with E-state index < -0.39 is 10.0 Å². The molecule has 1 saturated carbocycles. The number of unbranched alkanes of at least 4 members (excludes halogenated alkanes) is 1. The Labute approximate surface area is 150 Å². The van der Waals surface area contributed by atoms with Crippen LogP contribution in [0.3, 0.4) is 0 Å². The Morgan fingerprint density at radius 3 is 2.36 bits per heavy atom. The summed E-state index contributed by atoms with van der Waals surface area (Å²) in [7, 11) is -3.18. The van der Waals surface area contributed by atoms with Crippen LogP contribution < -0.4 is 0 Å². The van der Waals surface area contributed by atoms with Crippen molar-refractivity contribution in [3.8, 4) is 0 Å². The Bertz CT molecular complexity index is 742. The SMILES string of the molecule is CCCCS(=O)(=O)N1CCN(C(=O)c2cc(C)n(C3CC3)c2C)CC1. The monoisotopic (exact) mass is 367 g/mol. The summed E-state index contributed by atoms with van der Waals surface area (Å²) in [5, 5.41) is 0. The van der Waals surface area contributed by atoms with Gasteiger partial charge in [0.2, 0.25) is 10.0 Å². The molecule has 0 aromatic carbocycles. The van der Waals surface area contributed by atoms with Gasteiger partial charge in [-0.1, -0.05) is 13.3 Å². The molecule has 0 N–H and O–H groups in total. The number of carbonyl (C=O) groups excluding carboxylic acids is 1. The lowest BCUT2D eigenvalue weighted by atomic mass is 10.2. The number of hydrogen-bond donors (Lipinski definition) is 0. The van der Waals surface area contributed by atoms with Gasteiger partial charge < -0.3 is 9.47 Å². The molecule has 0 spiro atoms. The lowest BCUT2D eigenvalue weighted by Gasteiger charge is -2.34. The summed E-state index contributed by atoms with van der Waals surface area (Å²) in [6.07, 6.45) is 3.94. The minimum absolute atomic E-state index is 0.0330. The van der Waals surface area contributed by atoms with E-state index in [2.05, 4.69) is 11.5 Å². The van der Waals surface area contributed by atoms with Gasteiger partial charge in [-0.15, -0.1) is 0 Å². The van der Waals surface area contributed by atoms with Gasteiger partial charge in [-0.2, -0.15) is 4.31 Å². The predicted molar refractivity (Wildman–Crippen MR) is 98.3 cm³/mol. The second kappa shape index (κ2) is 7.11. The van der Waals surface area contributed by atoms with Crippen LogP contribution in [0.25, 0.3) is 0 Å². The van der Waals surface area contributed by atoms with Crippen LogP contribution in [-0.4, -0.2) is 60.0 Å². The molecular weight excluding hydrogens is 338 g/mol. The number of carbonyl (C=O) groups is 1. The molecule has 2 heterocycles. The molecule has 0 bridgehead atoms. The maximum atomic E-state index is 12.9. The van der Waals surface area contributed by atoms with E-state index in [1.807, 2.05) is 19.9 Å². The molecule has 1 aliphatic carbocycles. The predicted octanol–water partition coefficient (Wildman–Crippen LogP) is 2.33. The topological polar surface area (TPSA) is 62.6 Å². The van der Waals surface area contributed by atoms with Gasteiger partial charge in [0.05, 0.1) is 11.3 Å². The Hall–Kier alpha value is -1.34. The number of hydrogen-bond acceptors (Lipinski definition) is 3. The summed E-state index contributed by atoms with van der Waals surface area (Å²) in [6.45, 7) is 7.81. The van der Waals surface area contributed by atoms with Crippen LogP contribution in [0.5, 0.6) is 0 Å². The number of aromatic nitrogens is 1. The van der Waals surface area contributed by atoms with Crippen molar-refractivity contribution in [2.45, 2.75) is 52.5 Å². The first-order valence-corrected chi connectivity index (χ1v) is 10.9. The second-order valence-corrected chi connectivity index (χ2v) is 9.34. The lowest BCUT2D eigenvalue weighted by Crippen LogP contribution is -2.51. The van der Waals surface area contributed by atoms with Crippen LogP contribution in [0.2, 0.25) is 0 Å². The zero-order chi connectivity index (χ0) is 18.2. The van der Waals surface area contributed by atoms with Crippen molar-refractivity contribution in [3.05, 3.63) is 23.0 Å². The van der Waals surface area contributed by atoms with Crippen molar-refractivity contribution in [2.75, 3.05) is 31.9 Å². The first-order chi connectivity index (χ1) is 11.8. The highest BCUT2D eigenvalue weighted by Crippen LogP contribution is 2.38. The maximum absolute atomic E-state index is 12.9. The first-order valence-electron chi connectivity index (χ1n) is 9.30. The molecule has 0 unspecified atom stereocenters. The molecule has 0 radical (unpaired) electrons. The fourth-order valence-corrected chi connectivity index (χ4v) is 5.32. The highest BCUT2D eigenvalue weighted by molar-refractivity contribution is 7.89. The van der Waals surface area contributed by atoms with E-state index in [0.717, 1.165) is 23.4 Å². The van der Waals surface area contributed by atoms with Gasteiger partial charge >= 0.3 is 0 Å². The Balaban J connectivity index is 1.65. The molecule has 2 aliphatic rings. The largest absolute Gasteiger partial charge is 0.345 e. The van der Waals surface area contributed by atoms with Crippen LogP contribution in [0.4, 0.5) is 0 Å². The quantitative estimate of drug-likeness (QED) is 0.775. The Morgan fingerprint density at radius 2 is 1.80 bits per heavy atom. The summed E-state index contributed by atoms with van der Waals surface area (Å²) < 4.78 is 28.4. The van der Waals surface area contributed by atoms with E-state index in [-0.39, 0.29) is 11.7 Å². The minimum Gasteiger partial charge on any atom is -0.345 e. The van der Waals surface area contributed by atoms with Crippen molar-refractivity contribution in [1.29, 1.82) is 0 Å². The van der Waals surface area contributed by atoms with Crippen LogP contribution in [0.1, 0.15) is 60.4 Å². The summed E-state index contributed by atoms with van der Waals surface area (Å²) in [5.41, 5.74) is 2.96. The van der Waals surface area contributed by atoms with Crippen LogP contribution in [-0.2, 0) is 10.0 Å². The molecule has 0 atom stereocenters. The zero-order valence-corrected chi connectivity index (χ0v) is 16.3. The molecule has 7 heteroatoms. The molecule has 1 aliphatic heterocycles. The molecule has 1 aromatic heterocycles. The van der Waals surface area contributed by atoms with Crippen molar-refractivity contribution in [1.82, 2.24) is 13.8 Å². The van der Waals surface area contributed by atoms with E-state index >= 15 is 0 Å². The van der Waals surface area contributed by atoms with Gasteiger partial charge in [-0.25, -0.2) is 8.42 Å². The minimum atomic E-state index is -3.18. The average molecular weight is 368 g/mol. The summed E-state index contributed by atoms with van der Waals surface area (Å²) in [5.74, 6) is 0.241. The highest BCUT2D eigenvalue weighted by atomic mass is 32.2. The summed E-state index contributed by atoms with van der Waals surface area (Å²) >= 11 is 0. The molecule has 25 heavy (non-hydrogen) atoms. The van der Waals surface area contributed by atoms with Gasteiger partial charge in [0.1, 0.15) is 0 Å². The molecule has 140 valence electrons. The Kier molecular flexibility index (Phi) is 5.25. The van der Waals surface area contributed by atoms with Crippen molar-refractivity contribution in [3.63, 3.8) is 0 Å². The van der Waals surface area contributed by atoms with Gasteiger partial charge in [-0.05, 0) is 39.2 Å². The molecule has 1 saturated heterocycles. The van der Waals surface area contributed by atoms with Gasteiger partial charge in [0.25, 0.3) is 5.91 Å². The first kappa shape index (κ1) is 18.5. The molecule has 6 nitrogen and oxygen atoms in total. The van der Waals surface area contributed by atoms with E-state index in [9.17, 15) is 13.2 Å². The van der Waals surface area contributed by atoms with Gasteiger partial charge in [-0.3, -0.25) is 4.79 Å². The number of nitrogens with zero attached hydrogens (tertiary/aromatic N) is 3. The van der Waals surface area contributed by atoms with Crippen LogP contribution in [0.15, 0.2) is 6.07 Å². The molecule has 2 fully saturated rings. The number of sulfonamides is 1. The molecule has 1 aromatic rings. The number of rotatable bonds is 6. The van der Waals surface area contributed by atoms with Crippen LogP contribution in [0, 0.1) is 13.8 Å². The standard InChI is InChI=1S/C18H29N3O3S/c1-4-5-12-25(23,24)20-10-8-19(9-11-20)18(22)17-13-14(2)21(15(17)3)16-6-7-16/h13,16H,4-12H2,1-3H3. The van der Waals surface area contributed by atoms with Gasteiger partial charge in [0.15, 0.2) is 0 Å². The summed E-state index contributed by atoms with van der Waals surface area (Å²) in [6, 6.07) is 2.54. The smallest absolute Gasteiger partial charge is 0.255 e. The summed E-state index contributed by atoms with van der Waals surface area (Å²) in [4.78, 5) is 14.7. The third-order valence-electron chi connectivity index (χ3n) is 5.30. The molecular formula is C18H29N3O3S. The van der Waals surface area contributed by atoms with E-state index in [0.29, 0.717) is 38.6 Å². The van der Waals surface area contributed by atoms with Crippen molar-refractivity contribution in [2.24, 2.45) is 0 Å². The van der Waals surface area contributed by atoms with E-state index in [1.165, 1.54) is 12.8 Å².